The van der Waals surface area contributed by atoms with Crippen LogP contribution in [0.15, 0.2) is 28.1 Å². The largest absolute Gasteiger partial charge is 0.354 e. The van der Waals surface area contributed by atoms with Crippen molar-refractivity contribution >= 4 is 23.6 Å². The minimum atomic E-state index is 0.0220. The predicted octanol–water partition coefficient (Wildman–Crippen LogP) is 2.64. The summed E-state index contributed by atoms with van der Waals surface area (Å²) in [5, 5.41) is 6.47. The van der Waals surface area contributed by atoms with Gasteiger partial charge in [0.25, 0.3) is 0 Å². The summed E-state index contributed by atoms with van der Waals surface area (Å²) in [6.45, 7) is 7.13. The Labute approximate surface area is 150 Å². The van der Waals surface area contributed by atoms with E-state index in [1.807, 2.05) is 0 Å². The Kier molecular flexibility index (Phi) is 8.68. The Hall–Kier alpha value is -1.69. The summed E-state index contributed by atoms with van der Waals surface area (Å²) in [5.41, 5.74) is 2.44. The van der Waals surface area contributed by atoms with Crippen LogP contribution in [0.1, 0.15) is 31.4 Å². The number of guanidine groups is 1. The van der Waals surface area contributed by atoms with Gasteiger partial charge in [-0.15, -0.1) is 11.8 Å². The van der Waals surface area contributed by atoms with Crippen molar-refractivity contribution < 1.29 is 4.79 Å². The van der Waals surface area contributed by atoms with E-state index in [-0.39, 0.29) is 12.5 Å². The molecule has 24 heavy (non-hydrogen) atoms. The maximum Gasteiger partial charge on any atom is 0.241 e. The van der Waals surface area contributed by atoms with Gasteiger partial charge in [-0.25, -0.2) is 4.99 Å². The first-order chi connectivity index (χ1) is 11.4. The maximum absolute atomic E-state index is 11.8. The van der Waals surface area contributed by atoms with Crippen molar-refractivity contribution in [3.63, 3.8) is 0 Å². The molecule has 0 aromatic heterocycles. The molecule has 0 spiro atoms. The Morgan fingerprint density at radius 2 is 2.08 bits per heavy atom. The molecule has 1 aromatic carbocycles. The zero-order valence-corrected chi connectivity index (χ0v) is 16.5. The van der Waals surface area contributed by atoms with Crippen LogP contribution in [0.5, 0.6) is 0 Å². The number of aliphatic imine (C=N–C) groups is 1. The zero-order valence-electron chi connectivity index (χ0n) is 15.6. The van der Waals surface area contributed by atoms with Crippen LogP contribution in [-0.4, -0.2) is 49.7 Å². The number of likely N-dealkylation sites (N-methyl/N-ethyl adjacent to an activating group) is 1. The molecule has 0 saturated carbocycles. The minimum Gasteiger partial charge on any atom is -0.354 e. The summed E-state index contributed by atoms with van der Waals surface area (Å²) in [7, 11) is 3.50. The molecule has 0 aliphatic heterocycles. The number of rotatable bonds is 7. The number of thioether (sulfide) groups is 1. The molecular formula is C18H30N4OS. The van der Waals surface area contributed by atoms with Crippen LogP contribution in [0.25, 0.3) is 0 Å². The van der Waals surface area contributed by atoms with Gasteiger partial charge in [0.05, 0.1) is 13.1 Å². The molecule has 0 fully saturated rings. The molecule has 0 saturated heterocycles. The molecule has 0 heterocycles. The summed E-state index contributed by atoms with van der Waals surface area (Å²) in [4.78, 5) is 19.3. The van der Waals surface area contributed by atoms with E-state index in [1.165, 1.54) is 16.0 Å². The van der Waals surface area contributed by atoms with Crippen LogP contribution >= 0.6 is 11.8 Å². The number of carbonyl (C=O) groups excluding carboxylic acids is 1. The lowest BCUT2D eigenvalue weighted by atomic mass is 10.1. The number of benzene rings is 1. The maximum atomic E-state index is 11.8. The van der Waals surface area contributed by atoms with Gasteiger partial charge in [0, 0.05) is 25.0 Å². The molecule has 0 radical (unpaired) electrons. The van der Waals surface area contributed by atoms with Crippen LogP contribution in [0.4, 0.5) is 0 Å². The molecule has 0 aliphatic rings. The predicted molar refractivity (Wildman–Crippen MR) is 104 cm³/mol. The second-order valence-electron chi connectivity index (χ2n) is 6.08. The summed E-state index contributed by atoms with van der Waals surface area (Å²) in [5.74, 6) is 0.695. The fourth-order valence-electron chi connectivity index (χ4n) is 1.95. The standard InChI is InChI=1S/C18H30N4OS/c1-7-14(3)21-18(20-12-17(23)22(4)5)19-11-15-9-8-13(2)10-16(15)24-6/h8-10,14H,7,11-12H2,1-6H3,(H2,19,20,21). The van der Waals surface area contributed by atoms with E-state index in [9.17, 15) is 4.79 Å². The van der Waals surface area contributed by atoms with Gasteiger partial charge in [-0.2, -0.15) is 0 Å². The highest BCUT2D eigenvalue weighted by Crippen LogP contribution is 2.22. The molecule has 1 atom stereocenters. The van der Waals surface area contributed by atoms with Crippen molar-refractivity contribution in [2.75, 3.05) is 26.9 Å². The smallest absolute Gasteiger partial charge is 0.241 e. The Bertz CT molecular complexity index is 572. The van der Waals surface area contributed by atoms with Crippen molar-refractivity contribution in [1.29, 1.82) is 0 Å². The second kappa shape index (κ2) is 10.2. The van der Waals surface area contributed by atoms with E-state index >= 15 is 0 Å². The average molecular weight is 351 g/mol. The average Bonchev–Trinajstić information content (AvgIpc) is 2.57. The highest BCUT2D eigenvalue weighted by molar-refractivity contribution is 7.98. The Morgan fingerprint density at radius 1 is 1.38 bits per heavy atom. The normalized spacial score (nSPS) is 12.7. The Morgan fingerprint density at radius 3 is 2.67 bits per heavy atom. The second-order valence-corrected chi connectivity index (χ2v) is 6.92. The first-order valence-electron chi connectivity index (χ1n) is 8.25. The van der Waals surface area contributed by atoms with Gasteiger partial charge in [0.2, 0.25) is 5.91 Å². The molecule has 5 nitrogen and oxygen atoms in total. The number of carbonyl (C=O) groups is 1. The number of hydrogen-bond donors (Lipinski definition) is 2. The minimum absolute atomic E-state index is 0.0220. The summed E-state index contributed by atoms with van der Waals surface area (Å²) in [6.07, 6.45) is 3.07. The van der Waals surface area contributed by atoms with Crippen LogP contribution in [0.2, 0.25) is 0 Å². The molecular weight excluding hydrogens is 320 g/mol. The third kappa shape index (κ3) is 6.83. The quantitative estimate of drug-likeness (QED) is 0.451. The lowest BCUT2D eigenvalue weighted by Crippen LogP contribution is -2.45. The van der Waals surface area contributed by atoms with Crippen molar-refractivity contribution in [2.24, 2.45) is 4.99 Å². The van der Waals surface area contributed by atoms with Crippen molar-refractivity contribution in [2.45, 2.75) is 44.7 Å². The van der Waals surface area contributed by atoms with Crippen molar-refractivity contribution in [3.8, 4) is 0 Å². The monoisotopic (exact) mass is 350 g/mol. The van der Waals surface area contributed by atoms with Gasteiger partial charge in [0.15, 0.2) is 5.96 Å². The molecule has 134 valence electrons. The highest BCUT2D eigenvalue weighted by Gasteiger charge is 2.09. The molecule has 0 aliphatic carbocycles. The van der Waals surface area contributed by atoms with E-state index in [4.69, 9.17) is 0 Å². The van der Waals surface area contributed by atoms with E-state index in [1.54, 1.807) is 30.8 Å². The van der Waals surface area contributed by atoms with Gasteiger partial charge in [-0.3, -0.25) is 4.79 Å². The van der Waals surface area contributed by atoms with Crippen LogP contribution in [-0.2, 0) is 11.3 Å². The van der Waals surface area contributed by atoms with Gasteiger partial charge in [0.1, 0.15) is 0 Å². The van der Waals surface area contributed by atoms with Crippen LogP contribution in [0.3, 0.4) is 0 Å². The number of aryl methyl sites for hydroxylation is 1. The molecule has 6 heteroatoms. The van der Waals surface area contributed by atoms with Crippen LogP contribution < -0.4 is 10.6 Å². The molecule has 1 rings (SSSR count). The number of amides is 1. The number of nitrogens with zero attached hydrogens (tertiary/aromatic N) is 2. The van der Waals surface area contributed by atoms with Gasteiger partial charge in [-0.1, -0.05) is 19.1 Å². The summed E-state index contributed by atoms with van der Waals surface area (Å²) in [6, 6.07) is 6.70. The van der Waals surface area contributed by atoms with Crippen LogP contribution in [0, 0.1) is 6.92 Å². The van der Waals surface area contributed by atoms with E-state index < -0.39 is 0 Å². The number of hydrogen-bond acceptors (Lipinski definition) is 3. The summed E-state index contributed by atoms with van der Waals surface area (Å²) < 4.78 is 0. The number of nitrogens with one attached hydrogen (secondary N) is 2. The lowest BCUT2D eigenvalue weighted by Gasteiger charge is -2.18. The first kappa shape index (κ1) is 20.4. The fourth-order valence-corrected chi connectivity index (χ4v) is 2.65. The molecule has 1 aromatic rings. The summed E-state index contributed by atoms with van der Waals surface area (Å²) >= 11 is 1.73. The van der Waals surface area contributed by atoms with Gasteiger partial charge in [-0.05, 0) is 43.7 Å². The Balaban J connectivity index is 2.85. The van der Waals surface area contributed by atoms with Crippen molar-refractivity contribution in [1.82, 2.24) is 15.5 Å². The third-order valence-corrected chi connectivity index (χ3v) is 4.57. The lowest BCUT2D eigenvalue weighted by molar-refractivity contribution is -0.127. The molecule has 1 amide bonds. The molecule has 0 bridgehead atoms. The third-order valence-electron chi connectivity index (χ3n) is 3.75. The van der Waals surface area contributed by atoms with E-state index in [0.717, 1.165) is 6.42 Å². The fraction of sp³-hybridized carbons (Fsp3) is 0.556. The van der Waals surface area contributed by atoms with Crippen molar-refractivity contribution in [3.05, 3.63) is 29.3 Å². The molecule has 1 unspecified atom stereocenters. The first-order valence-corrected chi connectivity index (χ1v) is 9.48. The molecule has 2 N–H and O–H groups in total. The van der Waals surface area contributed by atoms with E-state index in [0.29, 0.717) is 18.5 Å². The van der Waals surface area contributed by atoms with E-state index in [2.05, 4.69) is 60.9 Å². The van der Waals surface area contributed by atoms with Gasteiger partial charge >= 0.3 is 0 Å². The van der Waals surface area contributed by atoms with Gasteiger partial charge < -0.3 is 15.5 Å². The zero-order chi connectivity index (χ0) is 18.1. The highest BCUT2D eigenvalue weighted by atomic mass is 32.2. The SMILES string of the molecule is CCC(C)NC(=NCc1ccc(C)cc1SC)NCC(=O)N(C)C. The topological polar surface area (TPSA) is 56.7 Å².